The molecule has 6 nitrogen and oxygen atoms in total. The van der Waals surface area contributed by atoms with E-state index in [0.29, 0.717) is 19.3 Å². The Balaban J connectivity index is 4.31. The van der Waals surface area contributed by atoms with Crippen LogP contribution in [-0.4, -0.2) is 37.2 Å². The van der Waals surface area contributed by atoms with Crippen molar-refractivity contribution in [2.75, 3.05) is 13.2 Å². The second-order valence-electron chi connectivity index (χ2n) is 24.8. The Labute approximate surface area is 517 Å². The summed E-state index contributed by atoms with van der Waals surface area (Å²) in [5, 5.41) is 0. The van der Waals surface area contributed by atoms with Crippen molar-refractivity contribution in [3.05, 3.63) is 60.8 Å². The van der Waals surface area contributed by atoms with Crippen LogP contribution in [0.1, 0.15) is 393 Å². The predicted octanol–water partition coefficient (Wildman–Crippen LogP) is 25.5. The molecule has 0 fully saturated rings. The number of hydrogen-bond donors (Lipinski definition) is 0. The lowest BCUT2D eigenvalue weighted by Crippen LogP contribution is -2.30. The van der Waals surface area contributed by atoms with Crippen molar-refractivity contribution in [1.82, 2.24) is 0 Å². The second kappa shape index (κ2) is 71.6. The highest BCUT2D eigenvalue weighted by molar-refractivity contribution is 5.71. The SMILES string of the molecule is CC/C=C\C/C=C\C/C=C\C/C=C\CCCCCCC(=O)OCC(COC(=O)CCCCCCCCCCCCCCC/C=C\CCCCCCCCCC)OC(=O)CCCCCCCCCCCCCCCCCCCCCCCCC. The van der Waals surface area contributed by atoms with Gasteiger partial charge in [0.05, 0.1) is 0 Å². The molecule has 83 heavy (non-hydrogen) atoms. The van der Waals surface area contributed by atoms with Crippen molar-refractivity contribution >= 4 is 17.9 Å². The standard InChI is InChI=1S/C77H140O6/c1-4-7-10-13-16-19-22-25-28-31-33-35-37-38-40-41-43-46-49-52-55-58-61-64-67-70-76(79)82-73-74(72-81-75(78)69-66-63-60-57-54-51-48-45-30-27-24-21-18-15-12-9-6-3)83-77(80)71-68-65-62-59-56-53-50-47-44-42-39-36-34-32-29-26-23-20-17-14-11-8-5-2/h9,12,18,21,27,30-31,33,48,51,74H,4-8,10-11,13-17,19-20,22-26,28-29,32,34-47,49-50,52-73H2,1-3H3/b12-9-,21-18-,30-27-,33-31-,51-48-. The maximum absolute atomic E-state index is 13.0. The Morgan fingerprint density at radius 1 is 0.253 bits per heavy atom. The highest BCUT2D eigenvalue weighted by Crippen LogP contribution is 2.19. The fourth-order valence-corrected chi connectivity index (χ4v) is 11.0. The van der Waals surface area contributed by atoms with Crippen LogP contribution in [0.4, 0.5) is 0 Å². The van der Waals surface area contributed by atoms with E-state index in [0.717, 1.165) is 96.3 Å². The number of ether oxygens (including phenoxy) is 3. The topological polar surface area (TPSA) is 78.9 Å². The van der Waals surface area contributed by atoms with Gasteiger partial charge >= 0.3 is 17.9 Å². The molecule has 0 aliphatic rings. The first-order chi connectivity index (χ1) is 41.0. The largest absolute Gasteiger partial charge is 0.462 e. The first kappa shape index (κ1) is 80.1. The third kappa shape index (κ3) is 69.8. The average molecular weight is 1160 g/mol. The predicted molar refractivity (Wildman–Crippen MR) is 362 cm³/mol. The molecule has 0 heterocycles. The van der Waals surface area contributed by atoms with Crippen molar-refractivity contribution in [1.29, 1.82) is 0 Å². The van der Waals surface area contributed by atoms with Gasteiger partial charge in [-0.25, -0.2) is 0 Å². The van der Waals surface area contributed by atoms with Gasteiger partial charge in [0.15, 0.2) is 6.10 Å². The van der Waals surface area contributed by atoms with Crippen LogP contribution in [0.5, 0.6) is 0 Å². The molecule has 0 bridgehead atoms. The van der Waals surface area contributed by atoms with Crippen LogP contribution in [0, 0.1) is 0 Å². The van der Waals surface area contributed by atoms with Crippen LogP contribution < -0.4 is 0 Å². The minimum absolute atomic E-state index is 0.0780. The van der Waals surface area contributed by atoms with Crippen LogP contribution >= 0.6 is 0 Å². The van der Waals surface area contributed by atoms with E-state index in [9.17, 15) is 14.4 Å². The zero-order valence-electron chi connectivity index (χ0n) is 55.7. The summed E-state index contributed by atoms with van der Waals surface area (Å²) in [4.78, 5) is 38.5. The molecule has 1 unspecified atom stereocenters. The third-order valence-corrected chi connectivity index (χ3v) is 16.5. The van der Waals surface area contributed by atoms with E-state index in [1.165, 1.54) is 257 Å². The Hall–Kier alpha value is -2.89. The van der Waals surface area contributed by atoms with E-state index in [2.05, 4.69) is 81.5 Å². The van der Waals surface area contributed by atoms with Gasteiger partial charge in [0.25, 0.3) is 0 Å². The molecule has 0 aromatic carbocycles. The van der Waals surface area contributed by atoms with Crippen molar-refractivity contribution in [2.24, 2.45) is 0 Å². The number of hydrogen-bond acceptors (Lipinski definition) is 6. The van der Waals surface area contributed by atoms with Crippen molar-refractivity contribution in [3.63, 3.8) is 0 Å². The summed E-state index contributed by atoms with van der Waals surface area (Å²) in [6.07, 6.45) is 92.6. The summed E-state index contributed by atoms with van der Waals surface area (Å²) in [7, 11) is 0. The summed E-state index contributed by atoms with van der Waals surface area (Å²) in [5.41, 5.74) is 0. The van der Waals surface area contributed by atoms with E-state index in [1.54, 1.807) is 0 Å². The molecular weight excluding hydrogens is 1020 g/mol. The number of carbonyl (C=O) groups is 3. The average Bonchev–Trinajstić information content (AvgIpc) is 3.49. The van der Waals surface area contributed by atoms with E-state index >= 15 is 0 Å². The maximum atomic E-state index is 13.0. The molecule has 0 saturated heterocycles. The summed E-state index contributed by atoms with van der Waals surface area (Å²) >= 11 is 0. The van der Waals surface area contributed by atoms with Gasteiger partial charge in [0, 0.05) is 19.3 Å². The third-order valence-electron chi connectivity index (χ3n) is 16.5. The fourth-order valence-electron chi connectivity index (χ4n) is 11.0. The van der Waals surface area contributed by atoms with Gasteiger partial charge in [0.2, 0.25) is 0 Å². The van der Waals surface area contributed by atoms with Crippen LogP contribution in [0.15, 0.2) is 60.8 Å². The first-order valence-electron chi connectivity index (χ1n) is 36.8. The van der Waals surface area contributed by atoms with Gasteiger partial charge in [-0.15, -0.1) is 0 Å². The Bertz CT molecular complexity index is 1470. The monoisotopic (exact) mass is 1160 g/mol. The zero-order chi connectivity index (χ0) is 59.9. The van der Waals surface area contributed by atoms with Gasteiger partial charge in [-0.2, -0.15) is 0 Å². The minimum atomic E-state index is -0.785. The molecule has 0 radical (unpaired) electrons. The molecule has 6 heteroatoms. The number of carbonyl (C=O) groups excluding carboxylic acids is 3. The van der Waals surface area contributed by atoms with E-state index in [1.807, 2.05) is 0 Å². The first-order valence-corrected chi connectivity index (χ1v) is 36.8. The number of rotatable bonds is 68. The highest BCUT2D eigenvalue weighted by Gasteiger charge is 2.19. The van der Waals surface area contributed by atoms with Crippen LogP contribution in [0.3, 0.4) is 0 Å². The molecule has 0 aromatic rings. The molecule has 0 rings (SSSR count). The molecule has 0 aliphatic heterocycles. The number of esters is 3. The Morgan fingerprint density at radius 3 is 0.747 bits per heavy atom. The lowest BCUT2D eigenvalue weighted by atomic mass is 10.0. The molecule has 0 aliphatic carbocycles. The Morgan fingerprint density at radius 2 is 0.470 bits per heavy atom. The van der Waals surface area contributed by atoms with Crippen molar-refractivity contribution < 1.29 is 28.6 Å². The van der Waals surface area contributed by atoms with Crippen molar-refractivity contribution in [3.8, 4) is 0 Å². The van der Waals surface area contributed by atoms with Crippen LogP contribution in [0.25, 0.3) is 0 Å². The molecular formula is C77H140O6. The highest BCUT2D eigenvalue weighted by atomic mass is 16.6. The molecule has 0 spiro atoms. The Kier molecular flexibility index (Phi) is 69.1. The summed E-state index contributed by atoms with van der Waals surface area (Å²) in [5.74, 6) is -0.875. The second-order valence-corrected chi connectivity index (χ2v) is 24.8. The molecule has 0 N–H and O–H groups in total. The van der Waals surface area contributed by atoms with Crippen LogP contribution in [0.2, 0.25) is 0 Å². The zero-order valence-corrected chi connectivity index (χ0v) is 55.7. The molecule has 0 amide bonds. The van der Waals surface area contributed by atoms with Crippen molar-refractivity contribution in [2.45, 2.75) is 399 Å². The van der Waals surface area contributed by atoms with Gasteiger partial charge in [-0.3, -0.25) is 14.4 Å². The molecule has 484 valence electrons. The minimum Gasteiger partial charge on any atom is -0.462 e. The van der Waals surface area contributed by atoms with E-state index in [4.69, 9.17) is 14.2 Å². The summed E-state index contributed by atoms with van der Waals surface area (Å²) in [6, 6.07) is 0. The van der Waals surface area contributed by atoms with Gasteiger partial charge in [-0.05, 0) is 83.5 Å². The quantitative estimate of drug-likeness (QED) is 0.0261. The van der Waals surface area contributed by atoms with Gasteiger partial charge < -0.3 is 14.2 Å². The van der Waals surface area contributed by atoms with Crippen LogP contribution in [-0.2, 0) is 28.6 Å². The normalized spacial score (nSPS) is 12.4. The number of allylic oxidation sites excluding steroid dienone is 10. The summed E-state index contributed by atoms with van der Waals surface area (Å²) < 4.78 is 17.0. The smallest absolute Gasteiger partial charge is 0.306 e. The van der Waals surface area contributed by atoms with E-state index in [-0.39, 0.29) is 31.1 Å². The fraction of sp³-hybridized carbons (Fsp3) is 0.831. The van der Waals surface area contributed by atoms with Gasteiger partial charge in [0.1, 0.15) is 13.2 Å². The molecule has 0 aromatic heterocycles. The lowest BCUT2D eigenvalue weighted by Gasteiger charge is -2.18. The summed E-state index contributed by atoms with van der Waals surface area (Å²) in [6.45, 7) is 6.58. The van der Waals surface area contributed by atoms with E-state index < -0.39 is 6.10 Å². The maximum Gasteiger partial charge on any atom is 0.306 e. The molecule has 0 saturated carbocycles. The molecule has 1 atom stereocenters. The van der Waals surface area contributed by atoms with Gasteiger partial charge in [-0.1, -0.05) is 351 Å². The number of unbranched alkanes of at least 4 members (excludes halogenated alkanes) is 47. The lowest BCUT2D eigenvalue weighted by molar-refractivity contribution is -0.167.